The van der Waals surface area contributed by atoms with Gasteiger partial charge >= 0.3 is 0 Å². The number of aromatic nitrogens is 4. The minimum Gasteiger partial charge on any atom is -0.456 e. The van der Waals surface area contributed by atoms with Crippen molar-refractivity contribution in [2.24, 2.45) is 0 Å². The quantitative estimate of drug-likeness (QED) is 0.182. The van der Waals surface area contributed by atoms with Gasteiger partial charge in [-0.3, -0.25) is 4.57 Å². The second-order valence-corrected chi connectivity index (χ2v) is 16.4. The fourth-order valence-electron chi connectivity index (χ4n) is 9.88. The summed E-state index contributed by atoms with van der Waals surface area (Å²) in [5.41, 5.74) is 15.8. The number of fused-ring (bicyclic) bond motifs is 12. The molecule has 10 aromatic rings. The minimum atomic E-state index is -0.179. The number of nitrogens with zero attached hydrogens (tertiary/aromatic N) is 4. The van der Waals surface area contributed by atoms with E-state index < -0.39 is 0 Å². The molecule has 0 atom stereocenters. The third kappa shape index (κ3) is 4.12. The molecule has 0 radical (unpaired) electrons. The topological polar surface area (TPSA) is 56.7 Å². The maximum Gasteiger partial charge on any atom is 0.238 e. The molecule has 3 aromatic heterocycles. The van der Waals surface area contributed by atoms with E-state index in [0.717, 1.165) is 44.1 Å². The zero-order chi connectivity index (χ0) is 37.5. The first-order valence-corrected chi connectivity index (χ1v) is 19.4. The molecule has 0 fully saturated rings. The van der Waals surface area contributed by atoms with E-state index >= 15 is 0 Å². The second kappa shape index (κ2) is 10.9. The molecule has 0 unspecified atom stereocenters. The van der Waals surface area contributed by atoms with Gasteiger partial charge in [-0.05, 0) is 80.9 Å². The Hall–Kier alpha value is -6.85. The smallest absolute Gasteiger partial charge is 0.238 e. The average molecular weight is 721 g/mol. The predicted octanol–water partition coefficient (Wildman–Crippen LogP) is 12.8. The lowest BCUT2D eigenvalue weighted by Gasteiger charge is -2.22. The van der Waals surface area contributed by atoms with Crippen LogP contribution in [0.4, 0.5) is 0 Å². The molecule has 0 spiro atoms. The molecule has 7 aromatic carbocycles. The molecule has 0 bridgehead atoms. The number of para-hydroxylation sites is 1. The van der Waals surface area contributed by atoms with Crippen LogP contribution in [0.1, 0.15) is 49.9 Å². The maximum atomic E-state index is 6.35. The molecule has 266 valence electrons. The zero-order valence-electron chi connectivity index (χ0n) is 31.6. The summed E-state index contributed by atoms with van der Waals surface area (Å²) >= 11 is 0. The van der Waals surface area contributed by atoms with E-state index in [4.69, 9.17) is 19.4 Å². The molecular formula is C51H36N4O. The Labute approximate surface area is 323 Å². The number of benzene rings is 7. The van der Waals surface area contributed by atoms with Gasteiger partial charge in [-0.15, -0.1) is 0 Å². The summed E-state index contributed by atoms with van der Waals surface area (Å²) in [7, 11) is 0. The van der Waals surface area contributed by atoms with Crippen molar-refractivity contribution in [3.8, 4) is 51.0 Å². The fourth-order valence-corrected chi connectivity index (χ4v) is 9.88. The largest absolute Gasteiger partial charge is 0.456 e. The van der Waals surface area contributed by atoms with Crippen LogP contribution in [-0.2, 0) is 10.8 Å². The molecule has 12 rings (SSSR count). The molecular weight excluding hydrogens is 685 g/mol. The van der Waals surface area contributed by atoms with Gasteiger partial charge in [0.25, 0.3) is 0 Å². The Kier molecular flexibility index (Phi) is 6.12. The van der Waals surface area contributed by atoms with Crippen molar-refractivity contribution in [1.82, 2.24) is 19.5 Å². The van der Waals surface area contributed by atoms with Gasteiger partial charge in [0.15, 0.2) is 11.6 Å². The van der Waals surface area contributed by atoms with Crippen LogP contribution in [0.15, 0.2) is 150 Å². The van der Waals surface area contributed by atoms with Crippen molar-refractivity contribution in [1.29, 1.82) is 0 Å². The van der Waals surface area contributed by atoms with Gasteiger partial charge in [-0.25, -0.2) is 4.98 Å². The Morgan fingerprint density at radius 3 is 1.62 bits per heavy atom. The summed E-state index contributed by atoms with van der Waals surface area (Å²) in [6, 6.07) is 52.0. The third-order valence-corrected chi connectivity index (χ3v) is 12.7. The van der Waals surface area contributed by atoms with Crippen molar-refractivity contribution in [2.45, 2.75) is 38.5 Å². The molecule has 0 saturated heterocycles. The van der Waals surface area contributed by atoms with Crippen LogP contribution in [0.5, 0.6) is 0 Å². The van der Waals surface area contributed by atoms with Crippen LogP contribution in [0.25, 0.3) is 94.7 Å². The summed E-state index contributed by atoms with van der Waals surface area (Å²) in [4.78, 5) is 16.0. The van der Waals surface area contributed by atoms with Gasteiger partial charge in [0.2, 0.25) is 5.95 Å². The Balaban J connectivity index is 1.22. The standard InChI is InChI=1S/C51H36N4O/c1-50(2)38-21-11-8-17-30(38)34-25-36-37-26-35-31-18-9-12-22-39(31)51(3,4)41(35)28-43(37)55(42(36)27-40(34)50)49-53-47(29-15-6-5-7-16-29)52-48(54-49)33-20-14-24-45-46(33)32-19-10-13-23-44(32)56-45/h5-28H,1-4H3. The molecule has 3 heterocycles. The van der Waals surface area contributed by atoms with Crippen LogP contribution < -0.4 is 0 Å². The number of furan rings is 1. The first-order valence-electron chi connectivity index (χ1n) is 19.4. The number of hydrogen-bond acceptors (Lipinski definition) is 4. The maximum absolute atomic E-state index is 6.35. The van der Waals surface area contributed by atoms with Crippen molar-refractivity contribution in [3.05, 3.63) is 168 Å². The summed E-state index contributed by atoms with van der Waals surface area (Å²) in [5.74, 6) is 1.80. The van der Waals surface area contributed by atoms with Gasteiger partial charge in [0.1, 0.15) is 11.2 Å². The lowest BCUT2D eigenvalue weighted by Crippen LogP contribution is -2.15. The Morgan fingerprint density at radius 1 is 0.429 bits per heavy atom. The average Bonchev–Trinajstić information content (AvgIpc) is 3.90. The van der Waals surface area contributed by atoms with Gasteiger partial charge in [0, 0.05) is 43.5 Å². The van der Waals surface area contributed by atoms with Crippen LogP contribution in [0.3, 0.4) is 0 Å². The number of hydrogen-bond donors (Lipinski definition) is 0. The van der Waals surface area contributed by atoms with Gasteiger partial charge < -0.3 is 4.42 Å². The van der Waals surface area contributed by atoms with Crippen LogP contribution in [-0.4, -0.2) is 19.5 Å². The summed E-state index contributed by atoms with van der Waals surface area (Å²) in [6.07, 6.45) is 0. The van der Waals surface area contributed by atoms with E-state index in [1.54, 1.807) is 0 Å². The summed E-state index contributed by atoms with van der Waals surface area (Å²) < 4.78 is 8.65. The van der Waals surface area contributed by atoms with E-state index in [9.17, 15) is 0 Å². The SMILES string of the molecule is CC1(C)c2ccccc2-c2cc3c4cc5c(cc4n(-c4nc(-c6ccccc6)nc(-c6cccc7oc8ccccc8c67)n4)c3cc21)C(C)(C)c1ccccc1-5. The summed E-state index contributed by atoms with van der Waals surface area (Å²) in [6.45, 7) is 9.37. The predicted molar refractivity (Wildman–Crippen MR) is 227 cm³/mol. The zero-order valence-corrected chi connectivity index (χ0v) is 31.6. The van der Waals surface area contributed by atoms with Gasteiger partial charge in [-0.1, -0.05) is 137 Å². The fraction of sp³-hybridized carbons (Fsp3) is 0.118. The van der Waals surface area contributed by atoms with Crippen LogP contribution >= 0.6 is 0 Å². The molecule has 56 heavy (non-hydrogen) atoms. The van der Waals surface area contributed by atoms with Crippen molar-refractivity contribution < 1.29 is 4.42 Å². The van der Waals surface area contributed by atoms with E-state index in [-0.39, 0.29) is 10.8 Å². The second-order valence-electron chi connectivity index (χ2n) is 16.4. The molecule has 5 nitrogen and oxygen atoms in total. The van der Waals surface area contributed by atoms with E-state index in [2.05, 4.69) is 135 Å². The van der Waals surface area contributed by atoms with Gasteiger partial charge in [-0.2, -0.15) is 9.97 Å². The Bertz CT molecular complexity index is 3190. The van der Waals surface area contributed by atoms with Crippen molar-refractivity contribution >= 4 is 43.7 Å². The highest BCUT2D eigenvalue weighted by molar-refractivity contribution is 6.14. The highest BCUT2D eigenvalue weighted by Crippen LogP contribution is 2.54. The van der Waals surface area contributed by atoms with E-state index in [0.29, 0.717) is 17.6 Å². The highest BCUT2D eigenvalue weighted by atomic mass is 16.3. The monoisotopic (exact) mass is 720 g/mol. The Morgan fingerprint density at radius 2 is 0.964 bits per heavy atom. The van der Waals surface area contributed by atoms with Gasteiger partial charge in [0.05, 0.1) is 11.0 Å². The lowest BCUT2D eigenvalue weighted by atomic mass is 9.82. The first-order chi connectivity index (χ1) is 27.3. The van der Waals surface area contributed by atoms with E-state index in [1.807, 2.05) is 42.5 Å². The molecule has 2 aliphatic rings. The molecule has 0 amide bonds. The van der Waals surface area contributed by atoms with Crippen LogP contribution in [0.2, 0.25) is 0 Å². The summed E-state index contributed by atoms with van der Waals surface area (Å²) in [5, 5.41) is 4.40. The van der Waals surface area contributed by atoms with Crippen LogP contribution in [0, 0.1) is 0 Å². The molecule has 0 N–H and O–H groups in total. The van der Waals surface area contributed by atoms with E-state index in [1.165, 1.54) is 55.3 Å². The van der Waals surface area contributed by atoms with Crippen molar-refractivity contribution in [3.63, 3.8) is 0 Å². The highest BCUT2D eigenvalue weighted by Gasteiger charge is 2.39. The molecule has 5 heteroatoms. The third-order valence-electron chi connectivity index (χ3n) is 12.7. The normalized spacial score (nSPS) is 14.7. The first kappa shape index (κ1) is 31.5. The number of rotatable bonds is 3. The van der Waals surface area contributed by atoms with Crippen molar-refractivity contribution in [2.75, 3.05) is 0 Å². The molecule has 0 aliphatic heterocycles. The minimum absolute atomic E-state index is 0.179. The molecule has 2 aliphatic carbocycles. The lowest BCUT2D eigenvalue weighted by molar-refractivity contribution is 0.660. The molecule has 0 saturated carbocycles.